The number of hydrogen-bond acceptors (Lipinski definition) is 3. The van der Waals surface area contributed by atoms with Gasteiger partial charge in [-0.2, -0.15) is 0 Å². The van der Waals surface area contributed by atoms with E-state index in [0.717, 1.165) is 12.1 Å². The second kappa shape index (κ2) is 6.42. The van der Waals surface area contributed by atoms with Gasteiger partial charge in [0, 0.05) is 11.6 Å². The number of nitrogens with zero attached hydrogens (tertiary/aromatic N) is 1. The normalized spacial score (nSPS) is 10.5. The van der Waals surface area contributed by atoms with Crippen LogP contribution in [-0.2, 0) is 4.79 Å². The topological polar surface area (TPSA) is 79.3 Å². The van der Waals surface area contributed by atoms with Gasteiger partial charge in [0.2, 0.25) is 0 Å². The molecule has 21 heavy (non-hydrogen) atoms. The van der Waals surface area contributed by atoms with Gasteiger partial charge >= 0.3 is 5.97 Å². The van der Waals surface area contributed by atoms with Gasteiger partial charge in [0.15, 0.2) is 0 Å². The molecule has 6 heteroatoms. The summed E-state index contributed by atoms with van der Waals surface area (Å²) >= 11 is 0. The summed E-state index contributed by atoms with van der Waals surface area (Å²) in [6.07, 6.45) is 2.25. The molecule has 0 bridgehead atoms. The predicted molar refractivity (Wildman–Crippen MR) is 75.3 cm³/mol. The van der Waals surface area contributed by atoms with Crippen LogP contribution in [0, 0.1) is 5.82 Å². The van der Waals surface area contributed by atoms with Crippen LogP contribution in [0.1, 0.15) is 16.1 Å². The van der Waals surface area contributed by atoms with E-state index in [9.17, 15) is 14.0 Å². The number of amides is 1. The lowest BCUT2D eigenvalue weighted by atomic mass is 10.2. The summed E-state index contributed by atoms with van der Waals surface area (Å²) in [6, 6.07) is 10.0. The van der Waals surface area contributed by atoms with Gasteiger partial charge in [0.25, 0.3) is 5.91 Å². The summed E-state index contributed by atoms with van der Waals surface area (Å²) < 4.78 is 13.0. The Balaban J connectivity index is 2.14. The standard InChI is InChI=1S/C15H11FN2O3/c16-11-4-1-3-10(9-11)15(21)18-13-6-2-5-12(17-13)7-8-14(19)20/h1-9H,(H,19,20)(H,17,18,21). The molecule has 1 amide bonds. The average Bonchev–Trinajstić information content (AvgIpc) is 2.45. The maximum atomic E-state index is 13.0. The number of carbonyl (C=O) groups excluding carboxylic acids is 1. The molecule has 1 aromatic heterocycles. The molecular weight excluding hydrogens is 275 g/mol. The van der Waals surface area contributed by atoms with E-state index in [4.69, 9.17) is 5.11 Å². The number of aliphatic carboxylic acids is 1. The van der Waals surface area contributed by atoms with Crippen LogP contribution in [0.4, 0.5) is 10.2 Å². The monoisotopic (exact) mass is 286 g/mol. The van der Waals surface area contributed by atoms with Crippen LogP contribution in [0.5, 0.6) is 0 Å². The highest BCUT2D eigenvalue weighted by Gasteiger charge is 2.07. The van der Waals surface area contributed by atoms with Crippen LogP contribution in [0.15, 0.2) is 48.5 Å². The van der Waals surface area contributed by atoms with E-state index < -0.39 is 17.7 Å². The third-order valence-corrected chi connectivity index (χ3v) is 2.50. The highest BCUT2D eigenvalue weighted by Crippen LogP contribution is 2.10. The number of nitrogens with one attached hydrogen (secondary N) is 1. The average molecular weight is 286 g/mol. The molecule has 0 unspecified atom stereocenters. The zero-order chi connectivity index (χ0) is 15.2. The van der Waals surface area contributed by atoms with Crippen molar-refractivity contribution >= 4 is 23.8 Å². The third kappa shape index (κ3) is 4.24. The van der Waals surface area contributed by atoms with E-state index in [2.05, 4.69) is 10.3 Å². The first-order chi connectivity index (χ1) is 10.0. The van der Waals surface area contributed by atoms with E-state index in [1.807, 2.05) is 0 Å². The summed E-state index contributed by atoms with van der Waals surface area (Å²) in [6.45, 7) is 0. The van der Waals surface area contributed by atoms with Crippen molar-refractivity contribution in [3.05, 3.63) is 65.6 Å². The molecule has 1 heterocycles. The molecular formula is C15H11FN2O3. The number of benzene rings is 1. The number of halogens is 1. The Hall–Kier alpha value is -3.02. The van der Waals surface area contributed by atoms with Gasteiger partial charge in [0.05, 0.1) is 5.69 Å². The second-order valence-corrected chi connectivity index (χ2v) is 4.08. The van der Waals surface area contributed by atoms with Gasteiger partial charge in [-0.15, -0.1) is 0 Å². The second-order valence-electron chi connectivity index (χ2n) is 4.08. The first-order valence-electron chi connectivity index (χ1n) is 5.99. The quantitative estimate of drug-likeness (QED) is 0.847. The lowest BCUT2D eigenvalue weighted by Crippen LogP contribution is -2.13. The van der Waals surface area contributed by atoms with E-state index in [-0.39, 0.29) is 11.4 Å². The number of carboxylic acids is 1. The molecule has 0 saturated carbocycles. The summed E-state index contributed by atoms with van der Waals surface area (Å²) in [5.41, 5.74) is 0.553. The van der Waals surface area contributed by atoms with E-state index in [1.165, 1.54) is 24.3 Å². The molecule has 0 spiro atoms. The summed E-state index contributed by atoms with van der Waals surface area (Å²) in [5, 5.41) is 11.1. The van der Waals surface area contributed by atoms with Gasteiger partial charge in [-0.1, -0.05) is 12.1 Å². The Morgan fingerprint density at radius 3 is 2.67 bits per heavy atom. The molecule has 106 valence electrons. The van der Waals surface area contributed by atoms with Crippen LogP contribution in [0.25, 0.3) is 6.08 Å². The van der Waals surface area contributed by atoms with E-state index in [0.29, 0.717) is 5.69 Å². The van der Waals surface area contributed by atoms with Crippen molar-refractivity contribution in [2.75, 3.05) is 5.32 Å². The zero-order valence-electron chi connectivity index (χ0n) is 10.8. The molecule has 2 N–H and O–H groups in total. The van der Waals surface area contributed by atoms with E-state index in [1.54, 1.807) is 18.2 Å². The molecule has 0 saturated heterocycles. The van der Waals surface area contributed by atoms with E-state index >= 15 is 0 Å². The smallest absolute Gasteiger partial charge is 0.328 e. The zero-order valence-corrected chi connectivity index (χ0v) is 10.8. The molecule has 0 aliphatic rings. The van der Waals surface area contributed by atoms with Gasteiger partial charge < -0.3 is 10.4 Å². The summed E-state index contributed by atoms with van der Waals surface area (Å²) in [4.78, 5) is 26.4. The van der Waals surface area contributed by atoms with Crippen molar-refractivity contribution in [3.63, 3.8) is 0 Å². The first-order valence-corrected chi connectivity index (χ1v) is 5.99. The lowest BCUT2D eigenvalue weighted by Gasteiger charge is -2.05. The fraction of sp³-hybridized carbons (Fsp3) is 0. The lowest BCUT2D eigenvalue weighted by molar-refractivity contribution is -0.131. The highest BCUT2D eigenvalue weighted by atomic mass is 19.1. The van der Waals surface area contributed by atoms with Crippen molar-refractivity contribution in [1.82, 2.24) is 4.98 Å². The molecule has 0 fully saturated rings. The molecule has 1 aromatic carbocycles. The molecule has 0 aliphatic heterocycles. The van der Waals surface area contributed by atoms with Crippen LogP contribution in [0.2, 0.25) is 0 Å². The molecule has 0 aliphatic carbocycles. The SMILES string of the molecule is O=C(O)C=Cc1cccc(NC(=O)c2cccc(F)c2)n1. The highest BCUT2D eigenvalue weighted by molar-refractivity contribution is 6.03. The maximum absolute atomic E-state index is 13.0. The van der Waals surface area contributed by atoms with Crippen molar-refractivity contribution in [3.8, 4) is 0 Å². The fourth-order valence-electron chi connectivity index (χ4n) is 1.59. The number of hydrogen-bond donors (Lipinski definition) is 2. The van der Waals surface area contributed by atoms with Gasteiger partial charge in [-0.3, -0.25) is 4.79 Å². The predicted octanol–water partition coefficient (Wildman–Crippen LogP) is 2.57. The minimum absolute atomic E-state index is 0.170. The number of aromatic nitrogens is 1. The number of anilines is 1. The Bertz CT molecular complexity index is 714. The number of rotatable bonds is 4. The Kier molecular flexibility index (Phi) is 4.40. The molecule has 0 radical (unpaired) electrons. The first kappa shape index (κ1) is 14.4. The van der Waals surface area contributed by atoms with Crippen molar-refractivity contribution in [2.45, 2.75) is 0 Å². The van der Waals surface area contributed by atoms with Crippen LogP contribution >= 0.6 is 0 Å². The van der Waals surface area contributed by atoms with Gasteiger partial charge in [-0.05, 0) is 36.4 Å². The largest absolute Gasteiger partial charge is 0.478 e. The number of carbonyl (C=O) groups is 2. The fourth-order valence-corrected chi connectivity index (χ4v) is 1.59. The Labute approximate surface area is 119 Å². The number of pyridine rings is 1. The van der Waals surface area contributed by atoms with Crippen molar-refractivity contribution in [1.29, 1.82) is 0 Å². The molecule has 0 atom stereocenters. The molecule has 2 rings (SSSR count). The van der Waals surface area contributed by atoms with Gasteiger partial charge in [0.1, 0.15) is 11.6 Å². The maximum Gasteiger partial charge on any atom is 0.328 e. The Morgan fingerprint density at radius 1 is 1.19 bits per heavy atom. The van der Waals surface area contributed by atoms with Gasteiger partial charge in [-0.25, -0.2) is 14.2 Å². The minimum Gasteiger partial charge on any atom is -0.478 e. The van der Waals surface area contributed by atoms with Crippen molar-refractivity contribution in [2.24, 2.45) is 0 Å². The molecule has 2 aromatic rings. The summed E-state index contributed by atoms with van der Waals surface area (Å²) in [5.74, 6) is -1.85. The molecule has 5 nitrogen and oxygen atoms in total. The van der Waals surface area contributed by atoms with Crippen LogP contribution < -0.4 is 5.32 Å². The summed E-state index contributed by atoms with van der Waals surface area (Å²) in [7, 11) is 0. The van der Waals surface area contributed by atoms with Crippen LogP contribution in [-0.4, -0.2) is 22.0 Å². The van der Waals surface area contributed by atoms with Crippen molar-refractivity contribution < 1.29 is 19.1 Å². The third-order valence-electron chi connectivity index (χ3n) is 2.50. The van der Waals surface area contributed by atoms with Crippen LogP contribution in [0.3, 0.4) is 0 Å². The Morgan fingerprint density at radius 2 is 1.95 bits per heavy atom. The number of carboxylic acid groups (broad SMARTS) is 1. The minimum atomic E-state index is -1.09.